The predicted octanol–water partition coefficient (Wildman–Crippen LogP) is 7.34. The number of hydrogen-bond donors (Lipinski definition) is 1. The summed E-state index contributed by atoms with van der Waals surface area (Å²) in [6, 6.07) is 23.8. The Hall–Kier alpha value is -2.97. The zero-order chi connectivity index (χ0) is 39.0. The summed E-state index contributed by atoms with van der Waals surface area (Å²) in [7, 11) is 0. The van der Waals surface area contributed by atoms with E-state index in [1.807, 2.05) is 64.1 Å². The number of ether oxygens (including phenoxy) is 8. The lowest BCUT2D eigenvalue weighted by Gasteiger charge is -2.24. The zero-order valence-electron chi connectivity index (χ0n) is 33.1. The van der Waals surface area contributed by atoms with E-state index in [9.17, 15) is 9.90 Å². The third kappa shape index (κ3) is 11.6. The third-order valence-electron chi connectivity index (χ3n) is 11.0. The molecule has 1 aromatic heterocycles. The highest BCUT2D eigenvalue weighted by atomic mass is 16.7. The van der Waals surface area contributed by atoms with Crippen LogP contribution in [-0.2, 0) is 55.9 Å². The topological polar surface area (TPSA) is 124 Å². The normalized spacial score (nSPS) is 32.9. The Morgan fingerprint density at radius 1 is 0.709 bits per heavy atom. The van der Waals surface area contributed by atoms with Gasteiger partial charge in [-0.05, 0) is 51.0 Å². The van der Waals surface area contributed by atoms with E-state index in [0.717, 1.165) is 17.4 Å². The Bertz CT molecular complexity index is 1560. The Morgan fingerprint density at radius 2 is 1.20 bits per heavy atom. The van der Waals surface area contributed by atoms with Crippen molar-refractivity contribution >= 4 is 6.29 Å². The first-order valence-corrected chi connectivity index (χ1v) is 19.8. The minimum Gasteiger partial charge on any atom is -0.467 e. The van der Waals surface area contributed by atoms with Crippen molar-refractivity contribution in [3.8, 4) is 0 Å². The number of carbonyl (C=O) groups excluding carboxylic acids is 1. The summed E-state index contributed by atoms with van der Waals surface area (Å²) in [5, 5.41) is 10.6. The Kier molecular flexibility index (Phi) is 14.4. The lowest BCUT2D eigenvalue weighted by molar-refractivity contribution is -0.145. The van der Waals surface area contributed by atoms with Crippen LogP contribution in [0.1, 0.15) is 90.2 Å². The Balaban J connectivity index is 0.000000190. The molecule has 0 saturated carbocycles. The summed E-state index contributed by atoms with van der Waals surface area (Å²) in [5.41, 5.74) is 2.26. The first-order chi connectivity index (χ1) is 26.4. The molecule has 3 aromatic rings. The van der Waals surface area contributed by atoms with Gasteiger partial charge in [0.05, 0.1) is 81.5 Å². The van der Waals surface area contributed by atoms with Gasteiger partial charge < -0.3 is 52.2 Å². The minimum absolute atomic E-state index is 0.00925. The van der Waals surface area contributed by atoms with Crippen LogP contribution in [0.25, 0.3) is 0 Å². The van der Waals surface area contributed by atoms with Crippen LogP contribution >= 0.6 is 0 Å². The van der Waals surface area contributed by atoms with Gasteiger partial charge in [-0.2, -0.15) is 0 Å². The van der Waals surface area contributed by atoms with Gasteiger partial charge in [-0.15, -0.1) is 0 Å². The van der Waals surface area contributed by atoms with Gasteiger partial charge in [-0.3, -0.25) is 0 Å². The highest BCUT2D eigenvalue weighted by Gasteiger charge is 2.47. The molecule has 0 amide bonds. The van der Waals surface area contributed by atoms with E-state index in [0.29, 0.717) is 57.9 Å². The van der Waals surface area contributed by atoms with E-state index in [2.05, 4.69) is 38.1 Å². The third-order valence-corrected chi connectivity index (χ3v) is 11.0. The quantitative estimate of drug-likeness (QED) is 0.156. The molecule has 11 nitrogen and oxygen atoms in total. The number of benzene rings is 2. The lowest BCUT2D eigenvalue weighted by Crippen LogP contribution is -2.33. The lowest BCUT2D eigenvalue weighted by atomic mass is 9.92. The largest absolute Gasteiger partial charge is 0.467 e. The second-order valence-electron chi connectivity index (χ2n) is 16.2. The predicted molar refractivity (Wildman–Crippen MR) is 204 cm³/mol. The van der Waals surface area contributed by atoms with Gasteiger partial charge in [0.2, 0.25) is 0 Å². The van der Waals surface area contributed by atoms with Crippen molar-refractivity contribution in [3.05, 3.63) is 95.9 Å². The van der Waals surface area contributed by atoms with Gasteiger partial charge >= 0.3 is 0 Å². The van der Waals surface area contributed by atoms with Crippen LogP contribution in [0.2, 0.25) is 0 Å². The number of aliphatic hydroxyl groups excluding tert-OH is 1. The number of rotatable bonds is 15. The summed E-state index contributed by atoms with van der Waals surface area (Å²) < 4.78 is 53.8. The Morgan fingerprint density at radius 3 is 1.64 bits per heavy atom. The molecule has 55 heavy (non-hydrogen) atoms. The fourth-order valence-corrected chi connectivity index (χ4v) is 8.11. The summed E-state index contributed by atoms with van der Waals surface area (Å²) >= 11 is 0. The summed E-state index contributed by atoms with van der Waals surface area (Å²) in [6.07, 6.45) is 3.43. The van der Waals surface area contributed by atoms with Crippen molar-refractivity contribution in [1.29, 1.82) is 0 Å². The number of aldehydes is 1. The second-order valence-corrected chi connectivity index (χ2v) is 16.2. The van der Waals surface area contributed by atoms with Crippen LogP contribution in [0.4, 0.5) is 0 Å². The maximum absolute atomic E-state index is 11.0. The molecule has 5 heterocycles. The molecular formula is C44H60O11. The highest BCUT2D eigenvalue weighted by molar-refractivity contribution is 5.50. The van der Waals surface area contributed by atoms with Crippen LogP contribution in [0, 0.1) is 11.8 Å². The van der Waals surface area contributed by atoms with Crippen LogP contribution in [-0.4, -0.2) is 85.0 Å². The molecule has 2 aromatic carbocycles. The first-order valence-electron chi connectivity index (χ1n) is 19.8. The van der Waals surface area contributed by atoms with E-state index < -0.39 is 17.7 Å². The molecule has 11 heteroatoms. The van der Waals surface area contributed by atoms with Gasteiger partial charge in [-0.1, -0.05) is 74.5 Å². The SMILES string of the molecule is C[C@@H]1[C@@H](OCc2ccccc2)[C@@H](CC2COC(C)(C)O2)O[C@H]1CC(O)c1ccco1.C[C@@H]1[C@@H](OCc2ccccc2)[C@@H](CC2COC(C)(C)O2)O[C@H]1CC=O. The van der Waals surface area contributed by atoms with Crippen molar-refractivity contribution in [2.75, 3.05) is 13.2 Å². The molecular weight excluding hydrogens is 704 g/mol. The van der Waals surface area contributed by atoms with E-state index in [1.54, 1.807) is 18.4 Å². The highest BCUT2D eigenvalue weighted by Crippen LogP contribution is 2.39. The monoisotopic (exact) mass is 764 g/mol. The molecule has 0 spiro atoms. The van der Waals surface area contributed by atoms with E-state index >= 15 is 0 Å². The van der Waals surface area contributed by atoms with Gasteiger partial charge in [0.15, 0.2) is 11.6 Å². The number of furan rings is 1. The van der Waals surface area contributed by atoms with Crippen molar-refractivity contribution < 1.29 is 52.2 Å². The molecule has 7 rings (SSSR count). The number of hydrogen-bond acceptors (Lipinski definition) is 11. The van der Waals surface area contributed by atoms with Gasteiger partial charge in [0.25, 0.3) is 0 Å². The average molecular weight is 765 g/mol. The molecule has 11 atom stereocenters. The van der Waals surface area contributed by atoms with E-state index in [4.69, 9.17) is 42.3 Å². The van der Waals surface area contributed by atoms with Gasteiger partial charge in [0, 0.05) is 37.5 Å². The molecule has 4 aliphatic heterocycles. The van der Waals surface area contributed by atoms with E-state index in [1.165, 1.54) is 0 Å². The molecule has 3 unspecified atom stereocenters. The van der Waals surface area contributed by atoms with Gasteiger partial charge in [-0.25, -0.2) is 0 Å². The molecule has 4 fully saturated rings. The molecule has 4 aliphatic rings. The minimum atomic E-state index is -0.703. The van der Waals surface area contributed by atoms with Crippen molar-refractivity contribution in [1.82, 2.24) is 0 Å². The smallest absolute Gasteiger partial charge is 0.163 e. The number of carbonyl (C=O) groups is 1. The summed E-state index contributed by atoms with van der Waals surface area (Å²) in [4.78, 5) is 11.0. The number of aliphatic hydroxyl groups is 1. The van der Waals surface area contributed by atoms with Gasteiger partial charge in [0.1, 0.15) is 18.2 Å². The fourth-order valence-electron chi connectivity index (χ4n) is 8.11. The Labute approximate surface area is 325 Å². The van der Waals surface area contributed by atoms with E-state index in [-0.39, 0.29) is 60.7 Å². The van der Waals surface area contributed by atoms with Crippen LogP contribution in [0.3, 0.4) is 0 Å². The zero-order valence-corrected chi connectivity index (χ0v) is 33.1. The first kappa shape index (κ1) is 41.7. The van der Waals surface area contributed by atoms with Crippen LogP contribution in [0.15, 0.2) is 83.5 Å². The van der Waals surface area contributed by atoms with Crippen molar-refractivity contribution in [3.63, 3.8) is 0 Å². The average Bonchev–Trinajstić information content (AvgIpc) is 3.99. The van der Waals surface area contributed by atoms with Crippen LogP contribution in [0.5, 0.6) is 0 Å². The van der Waals surface area contributed by atoms with Crippen molar-refractivity contribution in [2.45, 2.75) is 147 Å². The molecule has 1 N–H and O–H groups in total. The molecule has 4 saturated heterocycles. The van der Waals surface area contributed by atoms with Crippen molar-refractivity contribution in [2.24, 2.45) is 11.8 Å². The fraction of sp³-hybridized carbons (Fsp3) is 0.614. The molecule has 0 bridgehead atoms. The molecule has 302 valence electrons. The summed E-state index contributed by atoms with van der Waals surface area (Å²) in [5.74, 6) is -0.264. The van der Waals surface area contributed by atoms with Crippen LogP contribution < -0.4 is 0 Å². The maximum Gasteiger partial charge on any atom is 0.163 e. The maximum atomic E-state index is 11.0. The second kappa shape index (κ2) is 19.0. The molecule has 0 aliphatic carbocycles. The molecule has 0 radical (unpaired) electrons. The standard InChI is InChI=1S/C24H32O6.C20H28O5/c1-16-21(13-19(25)20-10-7-11-26-20)29-22(12-18-15-28-24(2,3)30-18)23(16)27-14-17-8-5-4-6-9-17;1-14-17(9-10-21)24-18(11-16-13-23-20(2,3)25-16)19(14)22-12-15-7-5-4-6-8-15/h4-11,16,18-19,21-23,25H,12-15H2,1-3H3;4-8,10,14,16-19H,9,11-13H2,1-3H3/t16-,18?,19?,21-,22+,23+;14-,16?,17-,18+,19+/m00/s1. The summed E-state index contributed by atoms with van der Waals surface area (Å²) in [6.45, 7) is 14.1.